The van der Waals surface area contributed by atoms with Gasteiger partial charge in [-0.25, -0.2) is 4.68 Å². The number of nitrogens with one attached hydrogen (secondary N) is 1. The lowest BCUT2D eigenvalue weighted by atomic mass is 10.0. The second kappa shape index (κ2) is 7.80. The number of amides is 1. The fourth-order valence-electron chi connectivity index (χ4n) is 4.80. The molecule has 1 aliphatic carbocycles. The first kappa shape index (κ1) is 20.6. The Morgan fingerprint density at radius 3 is 2.88 bits per heavy atom. The number of hydrogen-bond acceptors (Lipinski definition) is 8. The number of aryl methyl sites for hydroxylation is 2. The number of pyridine rings is 1. The van der Waals surface area contributed by atoms with Crippen molar-refractivity contribution in [2.24, 2.45) is 0 Å². The van der Waals surface area contributed by atoms with Gasteiger partial charge < -0.3 is 15.1 Å². The summed E-state index contributed by atoms with van der Waals surface area (Å²) in [5.74, 6) is 1.52. The molecule has 10 nitrogen and oxygen atoms in total. The Labute approximate surface area is 197 Å². The standard InChI is InChI=1S/C24H25N9O/c1-16-11-20(23(34)28-24(15-25)5-6-24)29-30-22(16)31-10-4-19-17(14-31)12-18(13-26-19)32-8-2-9-33-21(32)3-7-27-33/h3,7,11-13H,2,4-6,8-10,14H2,1H3,(H,28,34). The van der Waals surface area contributed by atoms with Crippen molar-refractivity contribution in [2.75, 3.05) is 22.9 Å². The van der Waals surface area contributed by atoms with Crippen molar-refractivity contribution < 1.29 is 4.79 Å². The highest BCUT2D eigenvalue weighted by Gasteiger charge is 2.45. The maximum Gasteiger partial charge on any atom is 0.273 e. The van der Waals surface area contributed by atoms with E-state index < -0.39 is 5.54 Å². The largest absolute Gasteiger partial charge is 0.350 e. The third-order valence-corrected chi connectivity index (χ3v) is 6.87. The average Bonchev–Trinajstić information content (AvgIpc) is 3.46. The number of fused-ring (bicyclic) bond motifs is 2. The van der Waals surface area contributed by atoms with E-state index in [4.69, 9.17) is 4.98 Å². The molecule has 10 heteroatoms. The molecule has 5 heterocycles. The van der Waals surface area contributed by atoms with Crippen LogP contribution >= 0.6 is 0 Å². The van der Waals surface area contributed by atoms with Crippen LogP contribution in [0.25, 0.3) is 0 Å². The van der Waals surface area contributed by atoms with Crippen molar-refractivity contribution in [1.29, 1.82) is 5.26 Å². The summed E-state index contributed by atoms with van der Waals surface area (Å²) in [7, 11) is 0. The maximum atomic E-state index is 12.5. The zero-order valence-electron chi connectivity index (χ0n) is 19.0. The minimum Gasteiger partial charge on any atom is -0.350 e. The summed E-state index contributed by atoms with van der Waals surface area (Å²) in [6, 6.07) is 8.19. The Hall–Kier alpha value is -4.00. The minimum atomic E-state index is -0.724. The number of rotatable bonds is 4. The van der Waals surface area contributed by atoms with E-state index in [0.29, 0.717) is 19.4 Å². The number of nitrogens with zero attached hydrogens (tertiary/aromatic N) is 8. The molecule has 1 fully saturated rings. The molecule has 1 saturated carbocycles. The van der Waals surface area contributed by atoms with Crippen molar-refractivity contribution in [3.8, 4) is 6.07 Å². The molecule has 0 unspecified atom stereocenters. The topological polar surface area (TPSA) is 116 Å². The molecule has 0 atom stereocenters. The number of nitriles is 1. The molecule has 0 aromatic carbocycles. The van der Waals surface area contributed by atoms with E-state index in [1.807, 2.05) is 30.1 Å². The van der Waals surface area contributed by atoms with Crippen LogP contribution in [0.3, 0.4) is 0 Å². The number of carbonyl (C=O) groups excluding carboxylic acids is 1. The number of hydrogen-bond donors (Lipinski definition) is 1. The summed E-state index contributed by atoms with van der Waals surface area (Å²) >= 11 is 0. The Morgan fingerprint density at radius 1 is 1.21 bits per heavy atom. The number of aromatic nitrogens is 5. The Morgan fingerprint density at radius 2 is 2.09 bits per heavy atom. The van der Waals surface area contributed by atoms with E-state index in [-0.39, 0.29) is 11.6 Å². The molecule has 34 heavy (non-hydrogen) atoms. The molecular formula is C24H25N9O. The van der Waals surface area contributed by atoms with Gasteiger partial charge in [0.05, 0.1) is 24.2 Å². The van der Waals surface area contributed by atoms with Crippen LogP contribution in [0.2, 0.25) is 0 Å². The Balaban J connectivity index is 1.22. The fraction of sp³-hybridized carbons (Fsp3) is 0.417. The van der Waals surface area contributed by atoms with E-state index in [2.05, 4.69) is 42.5 Å². The molecule has 0 radical (unpaired) electrons. The molecule has 3 aromatic rings. The van der Waals surface area contributed by atoms with Crippen LogP contribution in [-0.4, -0.2) is 49.5 Å². The Kier molecular flexibility index (Phi) is 4.72. The minimum absolute atomic E-state index is 0.242. The first-order valence-corrected chi connectivity index (χ1v) is 11.7. The average molecular weight is 456 g/mol. The Bertz CT molecular complexity index is 1320. The molecule has 6 rings (SSSR count). The number of carbonyl (C=O) groups is 1. The van der Waals surface area contributed by atoms with Crippen LogP contribution in [0.1, 0.15) is 46.6 Å². The van der Waals surface area contributed by atoms with Gasteiger partial charge in [-0.05, 0) is 49.4 Å². The molecule has 172 valence electrons. The SMILES string of the molecule is Cc1cc(C(=O)NC2(C#N)CC2)nnc1N1CCc2ncc(N3CCCn4nccc43)cc2C1. The van der Waals surface area contributed by atoms with E-state index in [9.17, 15) is 10.1 Å². The second-order valence-corrected chi connectivity index (χ2v) is 9.27. The quantitative estimate of drug-likeness (QED) is 0.637. The van der Waals surface area contributed by atoms with Gasteiger partial charge in [-0.15, -0.1) is 10.2 Å². The van der Waals surface area contributed by atoms with E-state index in [1.54, 1.807) is 6.07 Å². The van der Waals surface area contributed by atoms with Gasteiger partial charge in [-0.1, -0.05) is 0 Å². The van der Waals surface area contributed by atoms with Crippen LogP contribution < -0.4 is 15.1 Å². The van der Waals surface area contributed by atoms with Crippen LogP contribution in [0, 0.1) is 18.3 Å². The molecule has 0 spiro atoms. The third-order valence-electron chi connectivity index (χ3n) is 6.87. The van der Waals surface area contributed by atoms with Gasteiger partial charge in [0.2, 0.25) is 0 Å². The summed E-state index contributed by atoms with van der Waals surface area (Å²) < 4.78 is 2.04. The van der Waals surface area contributed by atoms with Gasteiger partial charge in [0, 0.05) is 44.4 Å². The van der Waals surface area contributed by atoms with Gasteiger partial charge in [-0.2, -0.15) is 10.4 Å². The predicted octanol–water partition coefficient (Wildman–Crippen LogP) is 2.27. The predicted molar refractivity (Wildman–Crippen MR) is 125 cm³/mol. The first-order chi connectivity index (χ1) is 16.5. The normalized spacial score (nSPS) is 18.0. The highest BCUT2D eigenvalue weighted by Crippen LogP contribution is 2.35. The summed E-state index contributed by atoms with van der Waals surface area (Å²) in [6.07, 6.45) is 7.04. The summed E-state index contributed by atoms with van der Waals surface area (Å²) in [5.41, 5.74) is 3.76. The monoisotopic (exact) mass is 455 g/mol. The van der Waals surface area contributed by atoms with Gasteiger partial charge in [0.15, 0.2) is 11.5 Å². The first-order valence-electron chi connectivity index (χ1n) is 11.7. The van der Waals surface area contributed by atoms with Gasteiger partial charge in [0.1, 0.15) is 11.4 Å². The molecule has 3 aromatic heterocycles. The molecule has 0 bridgehead atoms. The third kappa shape index (κ3) is 3.53. The van der Waals surface area contributed by atoms with Gasteiger partial charge in [0.25, 0.3) is 5.91 Å². The molecule has 1 N–H and O–H groups in total. The van der Waals surface area contributed by atoms with Crippen molar-refractivity contribution in [1.82, 2.24) is 30.3 Å². The highest BCUT2D eigenvalue weighted by molar-refractivity contribution is 5.93. The van der Waals surface area contributed by atoms with Gasteiger partial charge >= 0.3 is 0 Å². The van der Waals surface area contributed by atoms with Crippen LogP contribution in [0.4, 0.5) is 17.3 Å². The van der Waals surface area contributed by atoms with Gasteiger partial charge in [-0.3, -0.25) is 9.78 Å². The zero-order valence-corrected chi connectivity index (χ0v) is 19.0. The lowest BCUT2D eigenvalue weighted by molar-refractivity contribution is 0.0935. The van der Waals surface area contributed by atoms with Crippen molar-refractivity contribution >= 4 is 23.2 Å². The van der Waals surface area contributed by atoms with Crippen molar-refractivity contribution in [2.45, 2.75) is 51.2 Å². The van der Waals surface area contributed by atoms with Crippen molar-refractivity contribution in [3.63, 3.8) is 0 Å². The van der Waals surface area contributed by atoms with Crippen LogP contribution in [0.15, 0.2) is 30.6 Å². The van der Waals surface area contributed by atoms with E-state index in [0.717, 1.165) is 61.1 Å². The zero-order chi connectivity index (χ0) is 23.3. The van der Waals surface area contributed by atoms with E-state index >= 15 is 0 Å². The smallest absolute Gasteiger partial charge is 0.273 e. The molecule has 2 aliphatic heterocycles. The summed E-state index contributed by atoms with van der Waals surface area (Å²) in [6.45, 7) is 5.29. The molecular weight excluding hydrogens is 430 g/mol. The molecule has 1 amide bonds. The molecule has 0 saturated heterocycles. The van der Waals surface area contributed by atoms with Crippen molar-refractivity contribution in [3.05, 3.63) is 53.1 Å². The lowest BCUT2D eigenvalue weighted by Crippen LogP contribution is -2.37. The molecule has 3 aliphatic rings. The lowest BCUT2D eigenvalue weighted by Gasteiger charge is -2.33. The second-order valence-electron chi connectivity index (χ2n) is 9.27. The summed E-state index contributed by atoms with van der Waals surface area (Å²) in [5, 5.41) is 25.0. The van der Waals surface area contributed by atoms with Crippen LogP contribution in [-0.2, 0) is 19.5 Å². The maximum absolute atomic E-state index is 12.5. The van der Waals surface area contributed by atoms with Crippen LogP contribution in [0.5, 0.6) is 0 Å². The summed E-state index contributed by atoms with van der Waals surface area (Å²) in [4.78, 5) is 21.8. The number of anilines is 3. The van der Waals surface area contributed by atoms with E-state index in [1.165, 1.54) is 5.56 Å². The fourth-order valence-corrected chi connectivity index (χ4v) is 4.80. The highest BCUT2D eigenvalue weighted by atomic mass is 16.2.